The summed E-state index contributed by atoms with van der Waals surface area (Å²) in [6.07, 6.45) is 16.8. The minimum atomic E-state index is 0.809. The van der Waals surface area contributed by atoms with Gasteiger partial charge in [-0.05, 0) is 47.5 Å². The summed E-state index contributed by atoms with van der Waals surface area (Å²) in [4.78, 5) is 0. The summed E-state index contributed by atoms with van der Waals surface area (Å²) in [6, 6.07) is 20.1. The average Bonchev–Trinajstić information content (AvgIpc) is 3.05. The van der Waals surface area contributed by atoms with Crippen LogP contribution in [0.25, 0.3) is 24.3 Å². The van der Waals surface area contributed by atoms with E-state index in [1.165, 1.54) is 0 Å². The predicted molar refractivity (Wildman–Crippen MR) is 175 cm³/mol. The monoisotopic (exact) mass is 602 g/mol. The molecule has 0 N–H and O–H groups in total. The first kappa shape index (κ1) is 31.1. The molecule has 0 saturated carbocycles. The fourth-order valence-corrected chi connectivity index (χ4v) is 6.13. The minimum Gasteiger partial charge on any atom is -0.497 e. The van der Waals surface area contributed by atoms with Gasteiger partial charge in [0, 0.05) is 35.4 Å². The molecule has 42 heavy (non-hydrogen) atoms. The number of aromatic nitrogens is 2. The SMILES string of the molecule is COc1ccc(OC)c(/C=C/c2cc[n+](CCSSCC[n+]3ccc(/C=C/c4cc(OC)ccc4OC)cc3)cc2)c1. The van der Waals surface area contributed by atoms with E-state index >= 15 is 0 Å². The molecule has 0 fully saturated rings. The summed E-state index contributed by atoms with van der Waals surface area (Å²) in [5, 5.41) is 0. The molecule has 4 rings (SSSR count). The van der Waals surface area contributed by atoms with Crippen molar-refractivity contribution in [1.82, 2.24) is 0 Å². The van der Waals surface area contributed by atoms with Gasteiger partial charge < -0.3 is 18.9 Å². The van der Waals surface area contributed by atoms with E-state index in [1.807, 2.05) is 58.0 Å². The summed E-state index contributed by atoms with van der Waals surface area (Å²) in [5.74, 6) is 5.36. The van der Waals surface area contributed by atoms with Crippen molar-refractivity contribution >= 4 is 45.9 Å². The van der Waals surface area contributed by atoms with E-state index in [1.54, 1.807) is 28.4 Å². The normalized spacial score (nSPS) is 11.2. The molecule has 0 saturated heterocycles. The highest BCUT2D eigenvalue weighted by atomic mass is 33.1. The molecule has 4 aromatic rings. The second-order valence-corrected chi connectivity index (χ2v) is 12.0. The third-order valence-corrected chi connectivity index (χ3v) is 8.93. The Morgan fingerprint density at radius 3 is 1.29 bits per heavy atom. The van der Waals surface area contributed by atoms with E-state index in [9.17, 15) is 0 Å². The molecule has 6 nitrogen and oxygen atoms in total. The molecular weight excluding hydrogens is 565 g/mol. The lowest BCUT2D eigenvalue weighted by molar-refractivity contribution is -0.692. The van der Waals surface area contributed by atoms with E-state index in [4.69, 9.17) is 18.9 Å². The van der Waals surface area contributed by atoms with E-state index in [-0.39, 0.29) is 0 Å². The minimum absolute atomic E-state index is 0.809. The van der Waals surface area contributed by atoms with Gasteiger partial charge in [-0.1, -0.05) is 45.9 Å². The summed E-state index contributed by atoms with van der Waals surface area (Å²) in [5.41, 5.74) is 4.24. The Bertz CT molecular complexity index is 1360. The van der Waals surface area contributed by atoms with Gasteiger partial charge in [-0.3, -0.25) is 0 Å². The molecule has 0 aliphatic rings. The van der Waals surface area contributed by atoms with Crippen molar-refractivity contribution in [3.8, 4) is 23.0 Å². The highest BCUT2D eigenvalue weighted by Crippen LogP contribution is 2.27. The van der Waals surface area contributed by atoms with Crippen LogP contribution in [0.1, 0.15) is 22.3 Å². The number of aryl methyl sites for hydroxylation is 2. The van der Waals surface area contributed by atoms with E-state index in [0.717, 1.165) is 69.8 Å². The van der Waals surface area contributed by atoms with Crippen molar-refractivity contribution in [1.29, 1.82) is 0 Å². The van der Waals surface area contributed by atoms with Crippen LogP contribution >= 0.6 is 21.6 Å². The van der Waals surface area contributed by atoms with Crippen LogP contribution in [0.5, 0.6) is 23.0 Å². The molecule has 0 unspecified atom stereocenters. The number of methoxy groups -OCH3 is 4. The van der Waals surface area contributed by atoms with E-state index < -0.39 is 0 Å². The molecule has 8 heteroatoms. The van der Waals surface area contributed by atoms with Crippen LogP contribution in [0.2, 0.25) is 0 Å². The van der Waals surface area contributed by atoms with Crippen LogP contribution in [-0.4, -0.2) is 39.9 Å². The first-order chi connectivity index (χ1) is 20.6. The summed E-state index contributed by atoms with van der Waals surface area (Å²) >= 11 is 0. The standard InChI is InChI=1S/C34H38N2O4S2/c1-37-31-9-11-33(39-3)29(25-31)7-5-27-13-17-35(18-14-27)21-23-41-42-24-22-36-19-15-28(16-20-36)6-8-30-26-32(38-2)10-12-34(30)40-4/h5-20,25-26H,21-24H2,1-4H3/q+2/b7-5+,8-6+. The lowest BCUT2D eigenvalue weighted by Crippen LogP contribution is -2.34. The number of benzene rings is 2. The Hall–Kier alpha value is -3.88. The van der Waals surface area contributed by atoms with Crippen molar-refractivity contribution in [2.45, 2.75) is 13.1 Å². The van der Waals surface area contributed by atoms with Gasteiger partial charge >= 0.3 is 0 Å². The second-order valence-electron chi connectivity index (χ2n) is 9.26. The van der Waals surface area contributed by atoms with Crippen LogP contribution in [0.3, 0.4) is 0 Å². The van der Waals surface area contributed by atoms with Crippen molar-refractivity contribution in [3.63, 3.8) is 0 Å². The Labute approximate surface area is 257 Å². The average molecular weight is 603 g/mol. The molecular formula is C34H38N2O4S2+2. The Balaban J connectivity index is 1.17. The third-order valence-electron chi connectivity index (χ3n) is 6.57. The van der Waals surface area contributed by atoms with Crippen molar-refractivity contribution < 1.29 is 28.1 Å². The zero-order chi connectivity index (χ0) is 29.6. The van der Waals surface area contributed by atoms with Crippen molar-refractivity contribution in [2.24, 2.45) is 0 Å². The van der Waals surface area contributed by atoms with Crippen molar-refractivity contribution in [2.75, 3.05) is 39.9 Å². The number of nitrogens with zero attached hydrogens (tertiary/aromatic N) is 2. The van der Waals surface area contributed by atoms with E-state index in [0.29, 0.717) is 0 Å². The molecule has 0 aliphatic carbocycles. The largest absolute Gasteiger partial charge is 0.497 e. The highest BCUT2D eigenvalue weighted by molar-refractivity contribution is 8.76. The van der Waals surface area contributed by atoms with Crippen LogP contribution in [0, 0.1) is 0 Å². The molecule has 0 amide bonds. The molecule has 0 aliphatic heterocycles. The Morgan fingerprint density at radius 2 is 0.929 bits per heavy atom. The summed E-state index contributed by atoms with van der Waals surface area (Å²) < 4.78 is 26.0. The van der Waals surface area contributed by atoms with Gasteiger partial charge in [0.2, 0.25) is 0 Å². The van der Waals surface area contributed by atoms with Crippen molar-refractivity contribution in [3.05, 3.63) is 108 Å². The van der Waals surface area contributed by atoms with Crippen LogP contribution in [0.15, 0.2) is 85.5 Å². The van der Waals surface area contributed by atoms with Gasteiger partial charge in [0.25, 0.3) is 0 Å². The number of ether oxygens (including phenoxy) is 4. The van der Waals surface area contributed by atoms with Gasteiger partial charge in [-0.25, -0.2) is 9.13 Å². The molecule has 2 heterocycles. The van der Waals surface area contributed by atoms with Gasteiger partial charge in [0.15, 0.2) is 37.9 Å². The highest BCUT2D eigenvalue weighted by Gasteiger charge is 2.06. The molecule has 2 aromatic heterocycles. The first-order valence-corrected chi connectivity index (χ1v) is 16.1. The molecule has 0 radical (unpaired) electrons. The molecule has 0 spiro atoms. The van der Waals surface area contributed by atoms with Crippen LogP contribution < -0.4 is 28.1 Å². The fraction of sp³-hybridized carbons (Fsp3) is 0.235. The maximum Gasteiger partial charge on any atom is 0.169 e. The zero-order valence-corrected chi connectivity index (χ0v) is 26.2. The number of hydrogen-bond acceptors (Lipinski definition) is 6. The topological polar surface area (TPSA) is 44.7 Å². The van der Waals surface area contributed by atoms with Crippen LogP contribution in [0.4, 0.5) is 0 Å². The number of hydrogen-bond donors (Lipinski definition) is 0. The Morgan fingerprint density at radius 1 is 0.524 bits per heavy atom. The lowest BCUT2D eigenvalue weighted by atomic mass is 10.1. The van der Waals surface area contributed by atoms with Crippen LogP contribution in [-0.2, 0) is 13.1 Å². The third kappa shape index (κ3) is 9.33. The van der Waals surface area contributed by atoms with E-state index in [2.05, 4.69) is 82.5 Å². The van der Waals surface area contributed by atoms with Gasteiger partial charge in [0.05, 0.1) is 39.9 Å². The quantitative estimate of drug-likeness (QED) is 0.0856. The molecule has 0 bridgehead atoms. The molecule has 218 valence electrons. The summed E-state index contributed by atoms with van der Waals surface area (Å²) in [6.45, 7) is 1.94. The Kier molecular flexibility index (Phi) is 12.2. The van der Waals surface area contributed by atoms with Gasteiger partial charge in [0.1, 0.15) is 23.0 Å². The summed E-state index contributed by atoms with van der Waals surface area (Å²) in [7, 11) is 10.5. The lowest BCUT2D eigenvalue weighted by Gasteiger charge is -2.07. The molecule has 2 aromatic carbocycles. The smallest absolute Gasteiger partial charge is 0.169 e. The maximum atomic E-state index is 5.46. The zero-order valence-electron chi connectivity index (χ0n) is 24.6. The van der Waals surface area contributed by atoms with Gasteiger partial charge in [-0.15, -0.1) is 0 Å². The first-order valence-electron chi connectivity index (χ1n) is 13.6. The van der Waals surface area contributed by atoms with Gasteiger partial charge in [-0.2, -0.15) is 0 Å². The second kappa shape index (κ2) is 16.5. The molecule has 0 atom stereocenters. The number of rotatable bonds is 15. The fourth-order valence-electron chi connectivity index (χ4n) is 4.17. The maximum absolute atomic E-state index is 5.46. The number of pyridine rings is 2. The predicted octanol–water partition coefficient (Wildman–Crippen LogP) is 6.72.